The first kappa shape index (κ1) is 12.5. The van der Waals surface area contributed by atoms with E-state index in [9.17, 15) is 0 Å². The Morgan fingerprint density at radius 2 is 2.25 bits per heavy atom. The zero-order valence-corrected chi connectivity index (χ0v) is 9.99. The average molecular weight is 218 g/mol. The minimum atomic E-state index is 0.0638. The van der Waals surface area contributed by atoms with Crippen molar-refractivity contribution in [1.29, 1.82) is 5.26 Å². The van der Waals surface area contributed by atoms with Crippen LogP contribution in [0, 0.1) is 24.2 Å². The predicted molar refractivity (Wildman–Crippen MR) is 65.0 cm³/mol. The highest BCUT2D eigenvalue weighted by Crippen LogP contribution is 2.15. The molecular weight excluding hydrogens is 200 g/mol. The minimum absolute atomic E-state index is 0.0638. The smallest absolute Gasteiger partial charge is 0.144 e. The molecule has 0 saturated carbocycles. The van der Waals surface area contributed by atoms with Crippen LogP contribution in [0.15, 0.2) is 12.3 Å². The van der Waals surface area contributed by atoms with Gasteiger partial charge in [0.25, 0.3) is 0 Å². The fourth-order valence-electron chi connectivity index (χ4n) is 1.28. The number of hydrogen-bond donors (Lipinski definition) is 2. The molecule has 1 aromatic heterocycles. The van der Waals surface area contributed by atoms with Crippen molar-refractivity contribution >= 4 is 5.82 Å². The van der Waals surface area contributed by atoms with Gasteiger partial charge >= 0.3 is 0 Å². The maximum atomic E-state index is 9.01. The molecule has 1 aromatic rings. The Morgan fingerprint density at radius 1 is 1.56 bits per heavy atom. The topological polar surface area (TPSA) is 74.7 Å². The Hall–Kier alpha value is -1.60. The first-order chi connectivity index (χ1) is 7.56. The number of nitrogens with zero attached hydrogens (tertiary/aromatic N) is 2. The van der Waals surface area contributed by atoms with E-state index in [0.717, 1.165) is 5.56 Å². The van der Waals surface area contributed by atoms with E-state index in [2.05, 4.69) is 30.2 Å². The van der Waals surface area contributed by atoms with Gasteiger partial charge in [0.1, 0.15) is 11.9 Å². The number of nitrogens with one attached hydrogen (secondary N) is 1. The molecule has 0 radical (unpaired) electrons. The molecule has 1 unspecified atom stereocenters. The molecule has 1 rings (SSSR count). The van der Waals surface area contributed by atoms with Crippen molar-refractivity contribution in [3.63, 3.8) is 0 Å². The number of nitriles is 1. The Kier molecular flexibility index (Phi) is 4.27. The molecule has 0 amide bonds. The van der Waals surface area contributed by atoms with E-state index in [-0.39, 0.29) is 6.04 Å². The highest BCUT2D eigenvalue weighted by atomic mass is 15.0. The lowest BCUT2D eigenvalue weighted by molar-refractivity contribution is 0.511. The zero-order valence-electron chi connectivity index (χ0n) is 9.99. The summed E-state index contributed by atoms with van der Waals surface area (Å²) in [4.78, 5) is 4.15. The fourth-order valence-corrected chi connectivity index (χ4v) is 1.28. The van der Waals surface area contributed by atoms with E-state index in [0.29, 0.717) is 23.8 Å². The van der Waals surface area contributed by atoms with Crippen molar-refractivity contribution < 1.29 is 0 Å². The Bertz CT molecular complexity index is 392. The van der Waals surface area contributed by atoms with Crippen LogP contribution in [0.4, 0.5) is 5.82 Å². The summed E-state index contributed by atoms with van der Waals surface area (Å²) in [5.74, 6) is 1.03. The lowest BCUT2D eigenvalue weighted by Crippen LogP contribution is -2.34. The van der Waals surface area contributed by atoms with Crippen LogP contribution < -0.4 is 11.1 Å². The number of rotatable bonds is 4. The molecule has 0 aliphatic rings. The molecule has 1 atom stereocenters. The third kappa shape index (κ3) is 2.94. The first-order valence-electron chi connectivity index (χ1n) is 5.41. The summed E-state index contributed by atoms with van der Waals surface area (Å²) in [5, 5.41) is 12.1. The molecule has 86 valence electrons. The van der Waals surface area contributed by atoms with E-state index in [4.69, 9.17) is 11.0 Å². The second kappa shape index (κ2) is 5.47. The van der Waals surface area contributed by atoms with Crippen LogP contribution in [0.3, 0.4) is 0 Å². The standard InChI is InChI=1S/C12H18N4/c1-8(2)11(14)7-16-12-10(6-13)9(3)4-5-15-12/h4-5,8,11H,7,14H2,1-3H3,(H,15,16). The van der Waals surface area contributed by atoms with Gasteiger partial charge in [-0.3, -0.25) is 0 Å². The summed E-state index contributed by atoms with van der Waals surface area (Å²) in [6.45, 7) is 6.67. The molecule has 3 N–H and O–H groups in total. The molecular formula is C12H18N4. The SMILES string of the molecule is Cc1ccnc(NCC(N)C(C)C)c1C#N. The maximum Gasteiger partial charge on any atom is 0.144 e. The van der Waals surface area contributed by atoms with E-state index < -0.39 is 0 Å². The van der Waals surface area contributed by atoms with Gasteiger partial charge in [0.15, 0.2) is 0 Å². The van der Waals surface area contributed by atoms with Gasteiger partial charge in [-0.2, -0.15) is 5.26 Å². The number of hydrogen-bond acceptors (Lipinski definition) is 4. The summed E-state index contributed by atoms with van der Waals surface area (Å²) in [6.07, 6.45) is 1.69. The molecule has 16 heavy (non-hydrogen) atoms. The summed E-state index contributed by atoms with van der Waals surface area (Å²) < 4.78 is 0. The van der Waals surface area contributed by atoms with Crippen molar-refractivity contribution in [2.75, 3.05) is 11.9 Å². The van der Waals surface area contributed by atoms with Crippen LogP contribution in [-0.2, 0) is 0 Å². The van der Waals surface area contributed by atoms with Crippen LogP contribution in [0.25, 0.3) is 0 Å². The normalized spacial score (nSPS) is 12.2. The monoisotopic (exact) mass is 218 g/mol. The Balaban J connectivity index is 2.75. The lowest BCUT2D eigenvalue weighted by atomic mass is 10.1. The van der Waals surface area contributed by atoms with Crippen LogP contribution in [0.2, 0.25) is 0 Å². The van der Waals surface area contributed by atoms with Gasteiger partial charge in [-0.25, -0.2) is 4.98 Å². The van der Waals surface area contributed by atoms with Crippen LogP contribution in [0.5, 0.6) is 0 Å². The molecule has 1 heterocycles. The Labute approximate surface area is 96.5 Å². The van der Waals surface area contributed by atoms with Crippen molar-refractivity contribution in [3.05, 3.63) is 23.4 Å². The number of aryl methyl sites for hydroxylation is 1. The fraction of sp³-hybridized carbons (Fsp3) is 0.500. The molecule has 4 nitrogen and oxygen atoms in total. The van der Waals surface area contributed by atoms with Crippen molar-refractivity contribution in [3.8, 4) is 6.07 Å². The van der Waals surface area contributed by atoms with Gasteiger partial charge in [0, 0.05) is 18.8 Å². The molecule has 0 aromatic carbocycles. The number of pyridine rings is 1. The molecule has 4 heteroatoms. The molecule has 0 saturated heterocycles. The van der Waals surface area contributed by atoms with Gasteiger partial charge < -0.3 is 11.1 Å². The second-order valence-corrected chi connectivity index (χ2v) is 4.25. The van der Waals surface area contributed by atoms with E-state index in [1.807, 2.05) is 13.0 Å². The average Bonchev–Trinajstić information content (AvgIpc) is 2.25. The largest absolute Gasteiger partial charge is 0.367 e. The lowest BCUT2D eigenvalue weighted by Gasteiger charge is -2.17. The summed E-state index contributed by atoms with van der Waals surface area (Å²) in [6, 6.07) is 4.04. The van der Waals surface area contributed by atoms with Gasteiger partial charge in [-0.1, -0.05) is 13.8 Å². The van der Waals surface area contributed by atoms with Crippen molar-refractivity contribution in [2.45, 2.75) is 26.8 Å². The van der Waals surface area contributed by atoms with Gasteiger partial charge in [-0.15, -0.1) is 0 Å². The predicted octanol–water partition coefficient (Wildman–Crippen LogP) is 1.66. The molecule has 0 aliphatic carbocycles. The van der Waals surface area contributed by atoms with Crippen LogP contribution >= 0.6 is 0 Å². The van der Waals surface area contributed by atoms with Crippen molar-refractivity contribution in [1.82, 2.24) is 4.98 Å². The minimum Gasteiger partial charge on any atom is -0.367 e. The number of aromatic nitrogens is 1. The van der Waals surface area contributed by atoms with E-state index in [1.54, 1.807) is 6.20 Å². The first-order valence-corrected chi connectivity index (χ1v) is 5.41. The number of anilines is 1. The van der Waals surface area contributed by atoms with Gasteiger partial charge in [-0.05, 0) is 24.5 Å². The summed E-state index contributed by atoms with van der Waals surface area (Å²) >= 11 is 0. The highest BCUT2D eigenvalue weighted by Gasteiger charge is 2.10. The van der Waals surface area contributed by atoms with Gasteiger partial charge in [0.2, 0.25) is 0 Å². The Morgan fingerprint density at radius 3 is 2.81 bits per heavy atom. The molecule has 0 aliphatic heterocycles. The summed E-state index contributed by atoms with van der Waals surface area (Å²) in [5.41, 5.74) is 7.45. The highest BCUT2D eigenvalue weighted by molar-refractivity contribution is 5.55. The molecule has 0 spiro atoms. The van der Waals surface area contributed by atoms with Crippen LogP contribution in [-0.4, -0.2) is 17.6 Å². The van der Waals surface area contributed by atoms with Crippen LogP contribution in [0.1, 0.15) is 25.0 Å². The maximum absolute atomic E-state index is 9.01. The third-order valence-corrected chi connectivity index (χ3v) is 2.63. The molecule has 0 fully saturated rings. The second-order valence-electron chi connectivity index (χ2n) is 4.25. The molecule has 0 bridgehead atoms. The summed E-state index contributed by atoms with van der Waals surface area (Å²) in [7, 11) is 0. The van der Waals surface area contributed by atoms with E-state index >= 15 is 0 Å². The van der Waals surface area contributed by atoms with E-state index in [1.165, 1.54) is 0 Å². The third-order valence-electron chi connectivity index (χ3n) is 2.63. The van der Waals surface area contributed by atoms with Gasteiger partial charge in [0.05, 0.1) is 5.56 Å². The quantitative estimate of drug-likeness (QED) is 0.806. The van der Waals surface area contributed by atoms with Crippen molar-refractivity contribution in [2.24, 2.45) is 11.7 Å². The zero-order chi connectivity index (χ0) is 12.1. The number of nitrogens with two attached hydrogens (primary N) is 1.